The number of nitrogens with zero attached hydrogens (tertiary/aromatic N) is 3. The lowest BCUT2D eigenvalue weighted by atomic mass is 10.2. The molecule has 0 aliphatic heterocycles. The molecule has 0 unspecified atom stereocenters. The van der Waals surface area contributed by atoms with Gasteiger partial charge in [0, 0.05) is 18.0 Å². The molecule has 0 N–H and O–H groups in total. The van der Waals surface area contributed by atoms with Crippen molar-refractivity contribution in [3.05, 3.63) is 60.1 Å². The Morgan fingerprint density at radius 3 is 2.36 bits per heavy atom. The second-order valence-corrected chi connectivity index (χ2v) is 7.12. The highest BCUT2D eigenvalue weighted by Gasteiger charge is 2.14. The summed E-state index contributed by atoms with van der Waals surface area (Å²) in [7, 11) is -3.27. The van der Waals surface area contributed by atoms with E-state index < -0.39 is 9.84 Å². The number of hydrogen-bond acceptors (Lipinski definition) is 4. The molecule has 3 aromatic rings. The molecule has 0 bridgehead atoms. The largest absolute Gasteiger partial charge is 0.281 e. The molecule has 3 rings (SSSR count). The van der Waals surface area contributed by atoms with E-state index in [1.807, 2.05) is 30.3 Å². The molecule has 7 heteroatoms. The summed E-state index contributed by atoms with van der Waals surface area (Å²) in [5, 5.41) is 0.361. The fraction of sp³-hybridized carbons (Fsp3) is 0.0667. The summed E-state index contributed by atoms with van der Waals surface area (Å²) < 4.78 is 24.7. The van der Waals surface area contributed by atoms with Crippen LogP contribution >= 0.6 is 11.6 Å². The molecule has 0 fully saturated rings. The number of sulfone groups is 1. The highest BCUT2D eigenvalue weighted by Crippen LogP contribution is 2.28. The summed E-state index contributed by atoms with van der Waals surface area (Å²) in [5.74, 6) is 0.547. The van der Waals surface area contributed by atoms with Crippen LogP contribution in [0.25, 0.3) is 17.1 Å². The number of aromatic nitrogens is 3. The highest BCUT2D eigenvalue weighted by molar-refractivity contribution is 7.90. The predicted molar refractivity (Wildman–Crippen MR) is 84.9 cm³/mol. The van der Waals surface area contributed by atoms with E-state index >= 15 is 0 Å². The standard InChI is InChI=1S/C15H12ClN3O2S/c1-22(20,21)12-7-8-13(17-9-12)19-10-18-15(16)14(19)11-5-3-2-4-6-11/h2-10H,1H3. The molecule has 2 heterocycles. The third-order valence-corrected chi connectivity index (χ3v) is 4.54. The summed E-state index contributed by atoms with van der Waals surface area (Å²) in [5.41, 5.74) is 1.61. The van der Waals surface area contributed by atoms with Crippen LogP contribution in [-0.2, 0) is 9.84 Å². The minimum Gasteiger partial charge on any atom is -0.281 e. The van der Waals surface area contributed by atoms with Crippen LogP contribution in [0, 0.1) is 0 Å². The molecule has 2 aromatic heterocycles. The van der Waals surface area contributed by atoms with Gasteiger partial charge in [-0.15, -0.1) is 0 Å². The third kappa shape index (κ3) is 2.75. The van der Waals surface area contributed by atoms with Gasteiger partial charge in [-0.05, 0) is 12.1 Å². The zero-order valence-electron chi connectivity index (χ0n) is 11.6. The predicted octanol–water partition coefficient (Wildman–Crippen LogP) is 2.99. The maximum atomic E-state index is 11.5. The van der Waals surface area contributed by atoms with Gasteiger partial charge in [-0.2, -0.15) is 0 Å². The smallest absolute Gasteiger partial charge is 0.177 e. The molecule has 0 radical (unpaired) electrons. The Hall–Kier alpha value is -2.18. The van der Waals surface area contributed by atoms with Gasteiger partial charge in [0.1, 0.15) is 12.1 Å². The maximum Gasteiger partial charge on any atom is 0.177 e. The van der Waals surface area contributed by atoms with Crippen LogP contribution < -0.4 is 0 Å². The molecule has 5 nitrogen and oxygen atoms in total. The first-order valence-electron chi connectivity index (χ1n) is 6.41. The van der Waals surface area contributed by atoms with Gasteiger partial charge in [0.2, 0.25) is 0 Å². The van der Waals surface area contributed by atoms with E-state index in [1.165, 1.54) is 12.3 Å². The lowest BCUT2D eigenvalue weighted by molar-refractivity contribution is 0.601. The van der Waals surface area contributed by atoms with Crippen molar-refractivity contribution in [2.45, 2.75) is 4.90 Å². The Kier molecular flexibility index (Phi) is 3.72. The Labute approximate surface area is 133 Å². The van der Waals surface area contributed by atoms with Crippen molar-refractivity contribution in [1.82, 2.24) is 14.5 Å². The van der Waals surface area contributed by atoms with Gasteiger partial charge in [-0.25, -0.2) is 18.4 Å². The minimum absolute atomic E-state index is 0.170. The quantitative estimate of drug-likeness (QED) is 0.739. The first-order chi connectivity index (χ1) is 10.5. The zero-order valence-corrected chi connectivity index (χ0v) is 13.2. The summed E-state index contributed by atoms with van der Waals surface area (Å²) in [6, 6.07) is 12.7. The van der Waals surface area contributed by atoms with E-state index in [2.05, 4.69) is 9.97 Å². The van der Waals surface area contributed by atoms with Crippen molar-refractivity contribution in [2.75, 3.05) is 6.26 Å². The number of imidazole rings is 1. The van der Waals surface area contributed by atoms with Gasteiger partial charge < -0.3 is 0 Å². The van der Waals surface area contributed by atoms with E-state index in [0.717, 1.165) is 11.8 Å². The molecule has 0 saturated carbocycles. The average molecular weight is 334 g/mol. The van der Waals surface area contributed by atoms with Gasteiger partial charge in [-0.3, -0.25) is 4.57 Å². The molecule has 0 saturated heterocycles. The average Bonchev–Trinajstić information content (AvgIpc) is 2.89. The maximum absolute atomic E-state index is 11.5. The van der Waals surface area contributed by atoms with Crippen LogP contribution in [0.2, 0.25) is 5.15 Å². The molecule has 0 spiro atoms. The van der Waals surface area contributed by atoms with Crippen molar-refractivity contribution >= 4 is 21.4 Å². The minimum atomic E-state index is -3.27. The van der Waals surface area contributed by atoms with Crippen LogP contribution in [0.5, 0.6) is 0 Å². The van der Waals surface area contributed by atoms with E-state index in [0.29, 0.717) is 16.7 Å². The third-order valence-electron chi connectivity index (χ3n) is 3.17. The molecule has 112 valence electrons. The van der Waals surface area contributed by atoms with Gasteiger partial charge in [0.05, 0.1) is 10.6 Å². The zero-order chi connectivity index (χ0) is 15.7. The fourth-order valence-corrected chi connectivity index (χ4v) is 2.89. The van der Waals surface area contributed by atoms with Gasteiger partial charge in [0.25, 0.3) is 0 Å². The first-order valence-corrected chi connectivity index (χ1v) is 8.68. The molecular formula is C15H12ClN3O2S. The number of halogens is 1. The highest BCUT2D eigenvalue weighted by atomic mass is 35.5. The van der Waals surface area contributed by atoms with E-state index in [4.69, 9.17) is 11.6 Å². The van der Waals surface area contributed by atoms with Crippen molar-refractivity contribution in [2.24, 2.45) is 0 Å². The number of rotatable bonds is 3. The van der Waals surface area contributed by atoms with Crippen LogP contribution in [0.15, 0.2) is 59.9 Å². The van der Waals surface area contributed by atoms with Gasteiger partial charge in [-0.1, -0.05) is 41.9 Å². The van der Waals surface area contributed by atoms with Gasteiger partial charge >= 0.3 is 0 Å². The first kappa shape index (κ1) is 14.7. The molecule has 1 aromatic carbocycles. The Morgan fingerprint density at radius 2 is 1.77 bits per heavy atom. The van der Waals surface area contributed by atoms with Crippen LogP contribution in [0.4, 0.5) is 0 Å². The second-order valence-electron chi connectivity index (χ2n) is 4.74. The Morgan fingerprint density at radius 1 is 1.05 bits per heavy atom. The molecule has 0 atom stereocenters. The summed E-state index contributed by atoms with van der Waals surface area (Å²) >= 11 is 6.18. The Balaban J connectivity index is 2.11. The number of pyridine rings is 1. The summed E-state index contributed by atoms with van der Waals surface area (Å²) in [6.45, 7) is 0. The normalized spacial score (nSPS) is 11.5. The summed E-state index contributed by atoms with van der Waals surface area (Å²) in [6.07, 6.45) is 4.04. The monoisotopic (exact) mass is 333 g/mol. The lowest BCUT2D eigenvalue weighted by Crippen LogP contribution is -2.02. The van der Waals surface area contributed by atoms with Crippen molar-refractivity contribution in [3.8, 4) is 17.1 Å². The van der Waals surface area contributed by atoms with E-state index in [9.17, 15) is 8.42 Å². The van der Waals surface area contributed by atoms with Gasteiger partial charge in [0.15, 0.2) is 15.0 Å². The van der Waals surface area contributed by atoms with E-state index in [1.54, 1.807) is 17.0 Å². The van der Waals surface area contributed by atoms with Crippen molar-refractivity contribution < 1.29 is 8.42 Å². The van der Waals surface area contributed by atoms with Crippen LogP contribution in [0.1, 0.15) is 0 Å². The second kappa shape index (κ2) is 5.55. The van der Waals surface area contributed by atoms with E-state index in [-0.39, 0.29) is 4.90 Å². The van der Waals surface area contributed by atoms with Crippen LogP contribution in [-0.4, -0.2) is 29.2 Å². The molecule has 0 aliphatic rings. The Bertz CT molecular complexity index is 904. The lowest BCUT2D eigenvalue weighted by Gasteiger charge is -2.08. The van der Waals surface area contributed by atoms with Crippen molar-refractivity contribution in [1.29, 1.82) is 0 Å². The van der Waals surface area contributed by atoms with Crippen molar-refractivity contribution in [3.63, 3.8) is 0 Å². The topological polar surface area (TPSA) is 64.8 Å². The molecule has 0 aliphatic carbocycles. The van der Waals surface area contributed by atoms with Crippen LogP contribution in [0.3, 0.4) is 0 Å². The number of benzene rings is 1. The number of hydrogen-bond donors (Lipinski definition) is 0. The molecular weight excluding hydrogens is 322 g/mol. The SMILES string of the molecule is CS(=O)(=O)c1ccc(-n2cnc(Cl)c2-c2ccccc2)nc1. The molecule has 22 heavy (non-hydrogen) atoms. The summed E-state index contributed by atoms with van der Waals surface area (Å²) in [4.78, 5) is 8.48. The fourth-order valence-electron chi connectivity index (χ4n) is 2.09. The molecule has 0 amide bonds.